The maximum Gasteiger partial charge on any atom is 0.262 e. The molecular formula is C14H22N2O2S2. The van der Waals surface area contributed by atoms with E-state index < -0.39 is 0 Å². The molecule has 0 bridgehead atoms. The van der Waals surface area contributed by atoms with Crippen LogP contribution in [0.5, 0.6) is 0 Å². The second-order valence-electron chi connectivity index (χ2n) is 5.18. The molecule has 1 amide bonds. The third-order valence-corrected chi connectivity index (χ3v) is 5.62. The lowest BCUT2D eigenvalue weighted by Crippen LogP contribution is -2.47. The molecule has 0 radical (unpaired) electrons. The van der Waals surface area contributed by atoms with Crippen molar-refractivity contribution >= 4 is 29.0 Å². The molecule has 2 N–H and O–H groups in total. The molecule has 1 aliphatic heterocycles. The van der Waals surface area contributed by atoms with E-state index in [1.165, 1.54) is 11.3 Å². The van der Waals surface area contributed by atoms with Gasteiger partial charge in [-0.05, 0) is 43.6 Å². The second-order valence-corrected chi connectivity index (χ2v) is 6.95. The summed E-state index contributed by atoms with van der Waals surface area (Å²) < 4.78 is 5.37. The Morgan fingerprint density at radius 2 is 2.30 bits per heavy atom. The number of amides is 1. The third kappa shape index (κ3) is 3.75. The van der Waals surface area contributed by atoms with Crippen molar-refractivity contribution in [3.63, 3.8) is 0 Å². The minimum absolute atomic E-state index is 0.0401. The Labute approximate surface area is 128 Å². The van der Waals surface area contributed by atoms with Crippen LogP contribution in [0, 0.1) is 5.41 Å². The molecule has 112 valence electrons. The molecular weight excluding hydrogens is 292 g/mol. The van der Waals surface area contributed by atoms with Gasteiger partial charge in [-0.2, -0.15) is 0 Å². The SMILES string of the molecule is COCC1(CNC(=O)c2sccc2SC)CCNCC1. The lowest BCUT2D eigenvalue weighted by Gasteiger charge is -2.37. The largest absolute Gasteiger partial charge is 0.384 e. The van der Waals surface area contributed by atoms with Gasteiger partial charge in [0, 0.05) is 24.0 Å². The van der Waals surface area contributed by atoms with E-state index in [1.54, 1.807) is 18.9 Å². The summed E-state index contributed by atoms with van der Waals surface area (Å²) in [5, 5.41) is 8.44. The van der Waals surface area contributed by atoms with Crippen molar-refractivity contribution in [2.24, 2.45) is 5.41 Å². The summed E-state index contributed by atoms with van der Waals surface area (Å²) in [5.74, 6) is 0.0401. The summed E-state index contributed by atoms with van der Waals surface area (Å²) in [7, 11) is 1.73. The molecule has 0 aliphatic carbocycles. The van der Waals surface area contributed by atoms with Crippen LogP contribution in [-0.4, -0.2) is 45.5 Å². The van der Waals surface area contributed by atoms with Crippen LogP contribution in [0.1, 0.15) is 22.5 Å². The first-order valence-electron chi connectivity index (χ1n) is 6.80. The Balaban J connectivity index is 1.97. The van der Waals surface area contributed by atoms with Crippen LogP contribution in [0.15, 0.2) is 16.3 Å². The van der Waals surface area contributed by atoms with Gasteiger partial charge in [0.2, 0.25) is 0 Å². The molecule has 0 aromatic carbocycles. The predicted octanol–water partition coefficient (Wildman–Crippen LogP) is 2.22. The molecule has 6 heteroatoms. The van der Waals surface area contributed by atoms with Crippen molar-refractivity contribution < 1.29 is 9.53 Å². The van der Waals surface area contributed by atoms with E-state index in [2.05, 4.69) is 10.6 Å². The van der Waals surface area contributed by atoms with Gasteiger partial charge in [0.1, 0.15) is 4.88 Å². The smallest absolute Gasteiger partial charge is 0.262 e. The summed E-state index contributed by atoms with van der Waals surface area (Å²) in [6.07, 6.45) is 4.08. The number of piperidine rings is 1. The second kappa shape index (κ2) is 7.45. The van der Waals surface area contributed by atoms with Crippen molar-refractivity contribution in [1.29, 1.82) is 0 Å². The van der Waals surface area contributed by atoms with E-state index in [-0.39, 0.29) is 11.3 Å². The van der Waals surface area contributed by atoms with Gasteiger partial charge in [0.15, 0.2) is 0 Å². The number of thiophene rings is 1. The fourth-order valence-corrected chi connectivity index (χ4v) is 4.27. The van der Waals surface area contributed by atoms with Gasteiger partial charge in [0.25, 0.3) is 5.91 Å². The molecule has 20 heavy (non-hydrogen) atoms. The molecule has 0 atom stereocenters. The van der Waals surface area contributed by atoms with E-state index in [9.17, 15) is 4.79 Å². The Morgan fingerprint density at radius 3 is 2.95 bits per heavy atom. The van der Waals surface area contributed by atoms with Crippen LogP contribution in [0.2, 0.25) is 0 Å². The van der Waals surface area contributed by atoms with E-state index >= 15 is 0 Å². The lowest BCUT2D eigenvalue weighted by atomic mass is 9.79. The highest BCUT2D eigenvalue weighted by molar-refractivity contribution is 7.98. The summed E-state index contributed by atoms with van der Waals surface area (Å²) >= 11 is 3.12. The van der Waals surface area contributed by atoms with Gasteiger partial charge in [-0.3, -0.25) is 4.79 Å². The highest BCUT2D eigenvalue weighted by Gasteiger charge is 2.32. The first-order chi connectivity index (χ1) is 9.71. The lowest BCUT2D eigenvalue weighted by molar-refractivity contribution is 0.0512. The number of ether oxygens (including phenoxy) is 1. The molecule has 1 fully saturated rings. The van der Waals surface area contributed by atoms with Crippen molar-refractivity contribution in [1.82, 2.24) is 10.6 Å². The van der Waals surface area contributed by atoms with E-state index in [1.807, 2.05) is 17.7 Å². The summed E-state index contributed by atoms with van der Waals surface area (Å²) in [6.45, 7) is 3.38. The number of hydrogen-bond donors (Lipinski definition) is 2. The summed E-state index contributed by atoms with van der Waals surface area (Å²) in [5.41, 5.74) is 0.0758. The van der Waals surface area contributed by atoms with Crippen LogP contribution in [0.4, 0.5) is 0 Å². The van der Waals surface area contributed by atoms with Gasteiger partial charge in [-0.15, -0.1) is 23.1 Å². The zero-order valence-corrected chi connectivity index (χ0v) is 13.7. The van der Waals surface area contributed by atoms with E-state index in [4.69, 9.17) is 4.74 Å². The van der Waals surface area contributed by atoms with Gasteiger partial charge in [-0.25, -0.2) is 0 Å². The Hall–Kier alpha value is -0.560. The Kier molecular flexibility index (Phi) is 5.89. The number of nitrogens with one attached hydrogen (secondary N) is 2. The van der Waals surface area contributed by atoms with Gasteiger partial charge >= 0.3 is 0 Å². The molecule has 4 nitrogen and oxygen atoms in total. The maximum absolute atomic E-state index is 12.3. The standard InChI is InChI=1S/C14H22N2O2S2/c1-18-10-14(4-6-15-7-5-14)9-16-13(17)12-11(19-2)3-8-20-12/h3,8,15H,4-7,9-10H2,1-2H3,(H,16,17). The van der Waals surface area contributed by atoms with Crippen molar-refractivity contribution in [3.8, 4) is 0 Å². The number of methoxy groups -OCH3 is 1. The molecule has 1 saturated heterocycles. The third-order valence-electron chi connectivity index (χ3n) is 3.79. The van der Waals surface area contributed by atoms with Crippen molar-refractivity contribution in [2.75, 3.05) is 39.6 Å². The first kappa shape index (κ1) is 15.8. The average Bonchev–Trinajstić information content (AvgIpc) is 2.95. The van der Waals surface area contributed by atoms with E-state index in [0.29, 0.717) is 13.2 Å². The predicted molar refractivity (Wildman–Crippen MR) is 84.8 cm³/mol. The summed E-state index contributed by atoms with van der Waals surface area (Å²) in [6, 6.07) is 2.00. The molecule has 1 aromatic heterocycles. The molecule has 2 heterocycles. The van der Waals surface area contributed by atoms with Crippen molar-refractivity contribution in [2.45, 2.75) is 17.7 Å². The summed E-state index contributed by atoms with van der Waals surface area (Å²) in [4.78, 5) is 14.2. The Morgan fingerprint density at radius 1 is 1.55 bits per heavy atom. The van der Waals surface area contributed by atoms with Crippen LogP contribution in [-0.2, 0) is 4.74 Å². The van der Waals surface area contributed by atoms with Crippen LogP contribution in [0.25, 0.3) is 0 Å². The first-order valence-corrected chi connectivity index (χ1v) is 8.90. The maximum atomic E-state index is 12.3. The molecule has 1 aliphatic rings. The number of thioether (sulfide) groups is 1. The molecule has 2 rings (SSSR count). The zero-order chi connectivity index (χ0) is 14.4. The number of carbonyl (C=O) groups excluding carboxylic acids is 1. The number of carbonyl (C=O) groups is 1. The minimum Gasteiger partial charge on any atom is -0.384 e. The fourth-order valence-electron chi connectivity index (χ4n) is 2.61. The zero-order valence-electron chi connectivity index (χ0n) is 12.0. The van der Waals surface area contributed by atoms with Gasteiger partial charge in [-0.1, -0.05) is 0 Å². The average molecular weight is 314 g/mol. The molecule has 0 saturated carbocycles. The molecule has 1 aromatic rings. The topological polar surface area (TPSA) is 50.4 Å². The minimum atomic E-state index is 0.0401. The highest BCUT2D eigenvalue weighted by Crippen LogP contribution is 2.29. The molecule has 0 spiro atoms. The normalized spacial score (nSPS) is 17.9. The van der Waals surface area contributed by atoms with Crippen LogP contribution in [0.3, 0.4) is 0 Å². The van der Waals surface area contributed by atoms with Gasteiger partial charge < -0.3 is 15.4 Å². The van der Waals surface area contributed by atoms with E-state index in [0.717, 1.165) is 35.7 Å². The van der Waals surface area contributed by atoms with Crippen molar-refractivity contribution in [3.05, 3.63) is 16.3 Å². The fraction of sp³-hybridized carbons (Fsp3) is 0.643. The van der Waals surface area contributed by atoms with Crippen LogP contribution >= 0.6 is 23.1 Å². The Bertz CT molecular complexity index is 437. The number of rotatable bonds is 6. The molecule has 0 unspecified atom stereocenters. The van der Waals surface area contributed by atoms with Gasteiger partial charge in [0.05, 0.1) is 6.61 Å². The highest BCUT2D eigenvalue weighted by atomic mass is 32.2. The number of hydrogen-bond acceptors (Lipinski definition) is 5. The monoisotopic (exact) mass is 314 g/mol. The van der Waals surface area contributed by atoms with Crippen LogP contribution < -0.4 is 10.6 Å². The quantitative estimate of drug-likeness (QED) is 0.791.